The molecule has 1 aromatic carbocycles. The Kier molecular flexibility index (Phi) is 7.47. The summed E-state index contributed by atoms with van der Waals surface area (Å²) in [6.45, 7) is 0.460. The van der Waals surface area contributed by atoms with Crippen LogP contribution in [0, 0.1) is 5.92 Å². The molecule has 184 valence electrons. The Hall–Kier alpha value is -3.85. The fourth-order valence-electron chi connectivity index (χ4n) is 4.00. The van der Waals surface area contributed by atoms with E-state index in [4.69, 9.17) is 14.5 Å². The molecule has 36 heavy (non-hydrogen) atoms. The van der Waals surface area contributed by atoms with Crippen molar-refractivity contribution in [3.05, 3.63) is 66.3 Å². The summed E-state index contributed by atoms with van der Waals surface area (Å²) in [5, 5.41) is 4.95. The number of benzene rings is 1. The molecule has 1 saturated carbocycles. The van der Waals surface area contributed by atoms with Gasteiger partial charge in [-0.25, -0.2) is 4.98 Å². The van der Waals surface area contributed by atoms with Gasteiger partial charge in [0, 0.05) is 42.4 Å². The highest BCUT2D eigenvalue weighted by atomic mass is 32.1. The molecule has 5 rings (SSSR count). The van der Waals surface area contributed by atoms with Crippen LogP contribution in [0.15, 0.2) is 60.6 Å². The summed E-state index contributed by atoms with van der Waals surface area (Å²) in [7, 11) is 1.61. The fourth-order valence-corrected chi connectivity index (χ4v) is 4.80. The molecule has 0 bridgehead atoms. The van der Waals surface area contributed by atoms with Crippen molar-refractivity contribution >= 4 is 22.9 Å². The number of nitrogens with zero attached hydrogens (tertiary/aromatic N) is 4. The Morgan fingerprint density at radius 3 is 2.75 bits per heavy atom. The van der Waals surface area contributed by atoms with Crippen LogP contribution in [0.5, 0.6) is 11.5 Å². The average Bonchev–Trinajstić information content (AvgIpc) is 3.35. The lowest BCUT2D eigenvalue weighted by molar-refractivity contribution is -0.117. The number of anilines is 1. The lowest BCUT2D eigenvalue weighted by Crippen LogP contribution is -2.20. The number of carbonyl (C=O) groups is 1. The van der Waals surface area contributed by atoms with E-state index >= 15 is 0 Å². The van der Waals surface area contributed by atoms with Crippen LogP contribution >= 0.6 is 11.3 Å². The number of hydrogen-bond donors (Lipinski definition) is 1. The summed E-state index contributed by atoms with van der Waals surface area (Å²) in [6, 6.07) is 7.66. The molecule has 4 aromatic rings. The van der Waals surface area contributed by atoms with Crippen LogP contribution in [0.25, 0.3) is 21.8 Å². The summed E-state index contributed by atoms with van der Waals surface area (Å²) >= 11 is 1.53. The third kappa shape index (κ3) is 5.85. The van der Waals surface area contributed by atoms with Gasteiger partial charge in [0.15, 0.2) is 11.5 Å². The van der Waals surface area contributed by atoms with Crippen molar-refractivity contribution in [2.24, 2.45) is 5.92 Å². The van der Waals surface area contributed by atoms with E-state index in [2.05, 4.69) is 20.3 Å². The lowest BCUT2D eigenvalue weighted by atomic mass is 9.83. The van der Waals surface area contributed by atoms with E-state index in [9.17, 15) is 4.79 Å². The zero-order chi connectivity index (χ0) is 24.7. The minimum Gasteiger partial charge on any atom is -0.493 e. The molecule has 8 nitrogen and oxygen atoms in total. The third-order valence-corrected chi connectivity index (χ3v) is 7.11. The van der Waals surface area contributed by atoms with Gasteiger partial charge < -0.3 is 14.8 Å². The quantitative estimate of drug-likeness (QED) is 0.310. The number of ether oxygens (including phenoxy) is 2. The number of rotatable bonds is 10. The van der Waals surface area contributed by atoms with E-state index in [0.717, 1.165) is 46.1 Å². The first-order chi connectivity index (χ1) is 17.7. The van der Waals surface area contributed by atoms with Crippen molar-refractivity contribution in [3.8, 4) is 33.3 Å². The zero-order valence-electron chi connectivity index (χ0n) is 20.0. The third-order valence-electron chi connectivity index (χ3n) is 6.16. The van der Waals surface area contributed by atoms with Crippen molar-refractivity contribution < 1.29 is 14.3 Å². The van der Waals surface area contributed by atoms with Gasteiger partial charge in [-0.3, -0.25) is 19.7 Å². The second-order valence-corrected chi connectivity index (χ2v) is 9.61. The van der Waals surface area contributed by atoms with E-state index in [1.807, 2.05) is 29.6 Å². The molecule has 0 aliphatic heterocycles. The largest absolute Gasteiger partial charge is 0.493 e. The SMILES string of the molecule is COc1cc(-c2cncc(-c3cc(NC(=O)CC4CCC4)cs3)n2)ccc1OCCc1cnccn1. The molecule has 1 aliphatic rings. The zero-order valence-corrected chi connectivity index (χ0v) is 20.8. The number of methoxy groups -OCH3 is 1. The Labute approximate surface area is 213 Å². The summed E-state index contributed by atoms with van der Waals surface area (Å²) < 4.78 is 11.5. The lowest BCUT2D eigenvalue weighted by Gasteiger charge is -2.24. The number of aromatic nitrogens is 4. The first-order valence-electron chi connectivity index (χ1n) is 11.9. The van der Waals surface area contributed by atoms with Gasteiger partial charge in [0.25, 0.3) is 0 Å². The predicted octanol–water partition coefficient (Wildman–Crippen LogP) is 5.42. The molecule has 1 aliphatic carbocycles. The molecule has 3 heterocycles. The molecule has 3 aromatic heterocycles. The fraction of sp³-hybridized carbons (Fsp3) is 0.296. The second-order valence-electron chi connectivity index (χ2n) is 8.70. The monoisotopic (exact) mass is 501 g/mol. The van der Waals surface area contributed by atoms with Crippen molar-refractivity contribution in [2.75, 3.05) is 19.0 Å². The number of thiophene rings is 1. The van der Waals surface area contributed by atoms with Gasteiger partial charge in [0.2, 0.25) is 5.91 Å². The van der Waals surface area contributed by atoms with Gasteiger partial charge in [-0.15, -0.1) is 11.3 Å². The summed E-state index contributed by atoms with van der Waals surface area (Å²) in [5.74, 6) is 1.88. The minimum atomic E-state index is 0.0787. The molecule has 0 atom stereocenters. The Bertz CT molecular complexity index is 1320. The van der Waals surface area contributed by atoms with Crippen molar-refractivity contribution in [1.82, 2.24) is 19.9 Å². The Balaban J connectivity index is 1.26. The van der Waals surface area contributed by atoms with E-state index in [0.29, 0.717) is 36.9 Å². The molecular formula is C27H27N5O3S. The number of hydrogen-bond acceptors (Lipinski definition) is 8. The van der Waals surface area contributed by atoms with Crippen molar-refractivity contribution in [3.63, 3.8) is 0 Å². The molecule has 0 radical (unpaired) electrons. The summed E-state index contributed by atoms with van der Waals surface area (Å²) in [6.07, 6.45) is 13.3. The Morgan fingerprint density at radius 2 is 1.97 bits per heavy atom. The summed E-state index contributed by atoms with van der Waals surface area (Å²) in [4.78, 5) is 30.8. The van der Waals surface area contributed by atoms with Crippen molar-refractivity contribution in [2.45, 2.75) is 32.1 Å². The Morgan fingerprint density at radius 1 is 1.08 bits per heavy atom. The highest BCUT2D eigenvalue weighted by Crippen LogP contribution is 2.34. The van der Waals surface area contributed by atoms with Crippen LogP contribution in [0.1, 0.15) is 31.4 Å². The minimum absolute atomic E-state index is 0.0787. The maximum atomic E-state index is 12.3. The average molecular weight is 502 g/mol. The topological polar surface area (TPSA) is 99.1 Å². The number of carbonyl (C=O) groups excluding carboxylic acids is 1. The maximum Gasteiger partial charge on any atom is 0.224 e. The van der Waals surface area contributed by atoms with E-state index in [1.54, 1.807) is 38.1 Å². The van der Waals surface area contributed by atoms with Gasteiger partial charge in [-0.1, -0.05) is 6.42 Å². The van der Waals surface area contributed by atoms with Gasteiger partial charge in [0.05, 0.1) is 53.8 Å². The first-order valence-corrected chi connectivity index (χ1v) is 12.8. The first kappa shape index (κ1) is 23.9. The highest BCUT2D eigenvalue weighted by molar-refractivity contribution is 7.14. The molecule has 9 heteroatoms. The highest BCUT2D eigenvalue weighted by Gasteiger charge is 2.21. The van der Waals surface area contributed by atoms with Crippen molar-refractivity contribution in [1.29, 1.82) is 0 Å². The molecule has 0 saturated heterocycles. The molecule has 1 amide bonds. The van der Waals surface area contributed by atoms with Crippen LogP contribution in [-0.2, 0) is 11.2 Å². The number of amides is 1. The van der Waals surface area contributed by atoms with Gasteiger partial charge >= 0.3 is 0 Å². The van der Waals surface area contributed by atoms with Crippen LogP contribution in [-0.4, -0.2) is 39.6 Å². The molecule has 0 spiro atoms. The van der Waals surface area contributed by atoms with Crippen LogP contribution in [0.3, 0.4) is 0 Å². The predicted molar refractivity (Wildman–Crippen MR) is 139 cm³/mol. The normalized spacial score (nSPS) is 13.1. The van der Waals surface area contributed by atoms with E-state index in [1.165, 1.54) is 17.8 Å². The van der Waals surface area contributed by atoms with E-state index < -0.39 is 0 Å². The van der Waals surface area contributed by atoms with Crippen LogP contribution < -0.4 is 14.8 Å². The summed E-state index contributed by atoms with van der Waals surface area (Å²) in [5.41, 5.74) is 4.01. The number of nitrogens with one attached hydrogen (secondary N) is 1. The smallest absolute Gasteiger partial charge is 0.224 e. The van der Waals surface area contributed by atoms with Gasteiger partial charge in [-0.05, 0) is 43.0 Å². The second kappa shape index (κ2) is 11.3. The van der Waals surface area contributed by atoms with Crippen LogP contribution in [0.2, 0.25) is 0 Å². The van der Waals surface area contributed by atoms with Crippen LogP contribution in [0.4, 0.5) is 5.69 Å². The molecule has 1 N–H and O–H groups in total. The standard InChI is InChI=1S/C27H27N5O3S/c1-34-25-12-19(5-6-24(25)35-10-7-20-14-28-8-9-30-20)22-15-29-16-23(32-22)26-13-21(17-36-26)31-27(33)11-18-3-2-4-18/h5-6,8-9,12-18H,2-4,7,10-11H2,1H3,(H,31,33). The molecule has 0 unspecified atom stereocenters. The van der Waals surface area contributed by atoms with Gasteiger partial charge in [0.1, 0.15) is 0 Å². The van der Waals surface area contributed by atoms with E-state index in [-0.39, 0.29) is 5.91 Å². The van der Waals surface area contributed by atoms with Gasteiger partial charge in [-0.2, -0.15) is 0 Å². The molecular weight excluding hydrogens is 474 g/mol. The maximum absolute atomic E-state index is 12.3. The molecule has 1 fully saturated rings.